The standard InChI is InChI=1S/3C20H12S.2C17H12O.2C7H8.3C2H6/c2*1-3-7-15-13(5-1)10-12-18-19(15)17-11-9-14-6-2-4-8-16(14)20(17)21-18;1-2-7-15-12-19-17(11-14(15)6-1)20-16-8-4-3-5-13(16)9-10-18(20)21-19;1-11-5-4-8-14-16-13-7-3-2-6-12(13)9-10-15(16)18-17(11)14;1-11-10-12-6-2-3-7-13(12)16-14-8-4-5-9-15(14)18-17(11)16;2*1-7-5-3-2-4-6-7;3*1-2/h3*1-12H;2*2-10H,1H3;2*2-6H,1H3;3*1-2H3. The summed E-state index contributed by atoms with van der Waals surface area (Å²) in [4.78, 5) is 0. The maximum Gasteiger partial charge on any atom is 0.138 e. The van der Waals surface area contributed by atoms with Gasteiger partial charge in [-0.1, -0.05) is 392 Å². The molecule has 0 aliphatic heterocycles. The second kappa shape index (κ2) is 36.5. The van der Waals surface area contributed by atoms with Gasteiger partial charge in [0.25, 0.3) is 0 Å². The van der Waals surface area contributed by atoms with Crippen LogP contribution in [0.25, 0.3) is 191 Å². The van der Waals surface area contributed by atoms with Crippen LogP contribution in [0.1, 0.15) is 63.8 Å². The Labute approximate surface area is 707 Å². The van der Waals surface area contributed by atoms with Gasteiger partial charge in [0.05, 0.1) is 0 Å². The lowest BCUT2D eigenvalue weighted by Crippen LogP contribution is -1.78. The van der Waals surface area contributed by atoms with Gasteiger partial charge in [0.1, 0.15) is 22.3 Å². The number of fused-ring (bicyclic) bond motifs is 30. The molecule has 119 heavy (non-hydrogen) atoms. The Morgan fingerprint density at radius 1 is 0.176 bits per heavy atom. The smallest absolute Gasteiger partial charge is 0.138 e. The van der Waals surface area contributed by atoms with Gasteiger partial charge in [-0.05, 0) is 174 Å². The highest BCUT2D eigenvalue weighted by Crippen LogP contribution is 2.46. The third kappa shape index (κ3) is 16.1. The fourth-order valence-corrected chi connectivity index (χ4v) is 20.0. The molecule has 0 fully saturated rings. The van der Waals surface area contributed by atoms with Crippen molar-refractivity contribution in [1.82, 2.24) is 0 Å². The van der Waals surface area contributed by atoms with Gasteiger partial charge in [0.2, 0.25) is 0 Å². The number of benzene rings is 20. The molecule has 0 spiro atoms. The number of hydrogen-bond acceptors (Lipinski definition) is 5. The first kappa shape index (κ1) is 79.6. The van der Waals surface area contributed by atoms with E-state index in [1.807, 2.05) is 124 Å². The average molecular weight is 1590 g/mol. The van der Waals surface area contributed by atoms with E-state index in [1.54, 1.807) is 0 Å². The van der Waals surface area contributed by atoms with Crippen molar-refractivity contribution in [2.75, 3.05) is 0 Å². The molecule has 0 aliphatic rings. The lowest BCUT2D eigenvalue weighted by Gasteiger charge is -2.01. The number of para-hydroxylation sites is 2. The molecule has 0 saturated heterocycles. The SMILES string of the molecule is CC.CC.CC.Cc1cc2ccccc2c2c1oc1ccccc12.Cc1cccc2c1oc1ccc3ccccc3c12.Cc1ccccc1.Cc1ccccc1.c1ccc2c(c1)ccc1c2sc2ccc3ccccc3c21.c1ccc2c(c1)ccc1c2sc2ccc3ccccc3c21.c1ccc2cc3c(cc2c1)sc1ccc2ccccc2c13. The number of aryl methyl sites for hydroxylation is 4. The minimum absolute atomic E-state index is 0.965. The van der Waals surface area contributed by atoms with Crippen LogP contribution in [0, 0.1) is 27.7 Å². The maximum atomic E-state index is 5.99. The average Bonchev–Trinajstić information content (AvgIpc) is 1.62. The summed E-state index contributed by atoms with van der Waals surface area (Å²) >= 11 is 5.70. The Balaban J connectivity index is 0.000000105. The van der Waals surface area contributed by atoms with Crippen LogP contribution in [-0.2, 0) is 0 Å². The summed E-state index contributed by atoms with van der Waals surface area (Å²) in [7, 11) is 0. The molecule has 25 aromatic rings. The zero-order valence-electron chi connectivity index (χ0n) is 69.0. The van der Waals surface area contributed by atoms with Gasteiger partial charge in [-0.3, -0.25) is 0 Å². The summed E-state index contributed by atoms with van der Waals surface area (Å²) in [5, 5.41) is 34.3. The van der Waals surface area contributed by atoms with E-state index in [1.165, 1.54) is 190 Å². The van der Waals surface area contributed by atoms with Gasteiger partial charge in [0, 0.05) is 82.1 Å². The molecule has 0 radical (unpaired) electrons. The molecule has 580 valence electrons. The van der Waals surface area contributed by atoms with E-state index in [2.05, 4.69) is 367 Å². The van der Waals surface area contributed by atoms with Crippen LogP contribution in [-0.4, -0.2) is 0 Å². The molecule has 0 aliphatic carbocycles. The van der Waals surface area contributed by atoms with Gasteiger partial charge < -0.3 is 8.83 Å². The summed E-state index contributed by atoms with van der Waals surface area (Å²) in [6, 6.07) is 138. The van der Waals surface area contributed by atoms with Crippen molar-refractivity contribution < 1.29 is 8.83 Å². The van der Waals surface area contributed by atoms with E-state index < -0.39 is 0 Å². The van der Waals surface area contributed by atoms with Crippen molar-refractivity contribution >= 4 is 225 Å². The Hall–Kier alpha value is -13.3. The molecule has 0 amide bonds. The van der Waals surface area contributed by atoms with Crippen LogP contribution in [0.2, 0.25) is 0 Å². The third-order valence-corrected chi connectivity index (χ3v) is 25.3. The molecule has 0 saturated carbocycles. The van der Waals surface area contributed by atoms with Crippen LogP contribution in [0.3, 0.4) is 0 Å². The molecular formula is C114H94O2S3. The minimum Gasteiger partial charge on any atom is -0.456 e. The lowest BCUT2D eigenvalue weighted by molar-refractivity contribution is 0.666. The largest absolute Gasteiger partial charge is 0.456 e. The maximum absolute atomic E-state index is 5.99. The van der Waals surface area contributed by atoms with Crippen LogP contribution >= 0.6 is 34.0 Å². The van der Waals surface area contributed by atoms with Gasteiger partial charge >= 0.3 is 0 Å². The Bertz CT molecular complexity index is 7570. The van der Waals surface area contributed by atoms with Crippen LogP contribution in [0.15, 0.2) is 397 Å². The zero-order chi connectivity index (χ0) is 81.9. The topological polar surface area (TPSA) is 26.3 Å². The van der Waals surface area contributed by atoms with E-state index in [-0.39, 0.29) is 0 Å². The number of furan rings is 2. The van der Waals surface area contributed by atoms with Crippen molar-refractivity contribution in [2.24, 2.45) is 0 Å². The fraction of sp³-hybridized carbons (Fsp3) is 0.0877. The summed E-state index contributed by atoms with van der Waals surface area (Å²) in [5.74, 6) is 0. The van der Waals surface area contributed by atoms with Crippen LogP contribution < -0.4 is 0 Å². The van der Waals surface area contributed by atoms with E-state index in [0.717, 1.165) is 22.3 Å². The molecule has 5 aromatic heterocycles. The van der Waals surface area contributed by atoms with Crippen molar-refractivity contribution in [2.45, 2.75) is 69.2 Å². The summed E-state index contributed by atoms with van der Waals surface area (Å²) in [6.07, 6.45) is 0. The van der Waals surface area contributed by atoms with E-state index in [0.29, 0.717) is 0 Å². The second-order valence-electron chi connectivity index (χ2n) is 29.0. The molecule has 5 heterocycles. The van der Waals surface area contributed by atoms with E-state index >= 15 is 0 Å². The Morgan fingerprint density at radius 2 is 0.513 bits per heavy atom. The van der Waals surface area contributed by atoms with Crippen molar-refractivity contribution in [3.05, 3.63) is 411 Å². The first-order chi connectivity index (χ1) is 58.7. The van der Waals surface area contributed by atoms with Crippen molar-refractivity contribution in [3.8, 4) is 0 Å². The van der Waals surface area contributed by atoms with Gasteiger partial charge in [-0.2, -0.15) is 0 Å². The molecule has 20 aromatic carbocycles. The highest BCUT2D eigenvalue weighted by molar-refractivity contribution is 7.27. The van der Waals surface area contributed by atoms with E-state index in [4.69, 9.17) is 8.83 Å². The van der Waals surface area contributed by atoms with Crippen LogP contribution in [0.4, 0.5) is 0 Å². The number of thiophene rings is 3. The normalized spacial score (nSPS) is 10.9. The minimum atomic E-state index is 0.965. The Morgan fingerprint density at radius 3 is 0.975 bits per heavy atom. The summed E-state index contributed by atoms with van der Waals surface area (Å²) in [6.45, 7) is 20.4. The van der Waals surface area contributed by atoms with E-state index in [9.17, 15) is 0 Å². The highest BCUT2D eigenvalue weighted by atomic mass is 32.1. The van der Waals surface area contributed by atoms with Gasteiger partial charge in [-0.25, -0.2) is 0 Å². The molecule has 0 bridgehead atoms. The first-order valence-corrected chi connectivity index (χ1v) is 43.9. The van der Waals surface area contributed by atoms with Gasteiger partial charge in [-0.15, -0.1) is 34.0 Å². The summed E-state index contributed by atoms with van der Waals surface area (Å²) < 4.78 is 20.3. The van der Waals surface area contributed by atoms with Crippen molar-refractivity contribution in [1.29, 1.82) is 0 Å². The fourth-order valence-electron chi connectivity index (χ4n) is 16.3. The van der Waals surface area contributed by atoms with Crippen LogP contribution in [0.5, 0.6) is 0 Å². The molecule has 2 nitrogen and oxygen atoms in total. The molecule has 5 heteroatoms. The molecular weight excluding hydrogens is 1500 g/mol. The predicted molar refractivity (Wildman–Crippen MR) is 531 cm³/mol. The van der Waals surface area contributed by atoms with Gasteiger partial charge in [0.15, 0.2) is 0 Å². The number of rotatable bonds is 0. The Kier molecular flexibility index (Phi) is 24.4. The second-order valence-corrected chi connectivity index (χ2v) is 32.2. The molecule has 0 N–H and O–H groups in total. The quantitative estimate of drug-likeness (QED) is 0.151. The molecule has 0 atom stereocenters. The number of hydrogen-bond donors (Lipinski definition) is 0. The molecule has 25 rings (SSSR count). The highest BCUT2D eigenvalue weighted by Gasteiger charge is 2.17. The lowest BCUT2D eigenvalue weighted by atomic mass is 10.0. The monoisotopic (exact) mass is 1590 g/mol. The molecule has 0 unspecified atom stereocenters. The zero-order valence-corrected chi connectivity index (χ0v) is 71.4. The summed E-state index contributed by atoms with van der Waals surface area (Å²) in [5.41, 5.74) is 8.97. The first-order valence-electron chi connectivity index (χ1n) is 41.5. The third-order valence-electron chi connectivity index (χ3n) is 21.8. The predicted octanol–water partition coefficient (Wildman–Crippen LogP) is 36.2. The van der Waals surface area contributed by atoms with Crippen molar-refractivity contribution in [3.63, 3.8) is 0 Å².